The van der Waals surface area contributed by atoms with Crippen molar-refractivity contribution in [1.29, 1.82) is 0 Å². The van der Waals surface area contributed by atoms with E-state index in [2.05, 4.69) is 10.6 Å². The van der Waals surface area contributed by atoms with Gasteiger partial charge in [0.15, 0.2) is 0 Å². The fourth-order valence-corrected chi connectivity index (χ4v) is 4.63. The zero-order chi connectivity index (χ0) is 24.6. The Morgan fingerprint density at radius 1 is 0.914 bits per heavy atom. The lowest BCUT2D eigenvalue weighted by atomic mass is 9.88. The molecule has 2 unspecified atom stereocenters. The average molecular weight is 474 g/mol. The van der Waals surface area contributed by atoms with Crippen molar-refractivity contribution in [3.05, 3.63) is 107 Å². The average Bonchev–Trinajstić information content (AvgIpc) is 2.89. The summed E-state index contributed by atoms with van der Waals surface area (Å²) >= 11 is 0. The van der Waals surface area contributed by atoms with E-state index in [1.807, 2.05) is 60.7 Å². The van der Waals surface area contributed by atoms with Gasteiger partial charge < -0.3 is 15.5 Å². The molecule has 2 N–H and O–H groups in total. The van der Waals surface area contributed by atoms with Gasteiger partial charge >= 0.3 is 6.03 Å². The third-order valence-corrected chi connectivity index (χ3v) is 6.62. The SMILES string of the molecule is Cc1cc(C2CCC(C(=O)NCCc3ccccc3)CN2C(=O)NCc2ccccc2)ccc1F. The van der Waals surface area contributed by atoms with E-state index < -0.39 is 0 Å². The number of carbonyl (C=O) groups excluding carboxylic acids is 2. The number of nitrogens with zero attached hydrogens (tertiary/aromatic N) is 1. The van der Waals surface area contributed by atoms with Gasteiger partial charge in [-0.3, -0.25) is 4.79 Å². The topological polar surface area (TPSA) is 61.4 Å². The molecule has 182 valence electrons. The highest BCUT2D eigenvalue weighted by atomic mass is 19.1. The summed E-state index contributed by atoms with van der Waals surface area (Å²) in [7, 11) is 0. The van der Waals surface area contributed by atoms with E-state index in [1.165, 1.54) is 11.6 Å². The third-order valence-electron chi connectivity index (χ3n) is 6.62. The molecule has 4 rings (SSSR count). The van der Waals surface area contributed by atoms with Crippen molar-refractivity contribution in [2.45, 2.75) is 38.8 Å². The van der Waals surface area contributed by atoms with Crippen LogP contribution in [0.15, 0.2) is 78.9 Å². The van der Waals surface area contributed by atoms with Gasteiger partial charge in [0.2, 0.25) is 5.91 Å². The van der Waals surface area contributed by atoms with Crippen LogP contribution in [-0.4, -0.2) is 29.9 Å². The fourth-order valence-electron chi connectivity index (χ4n) is 4.63. The van der Waals surface area contributed by atoms with Crippen LogP contribution in [-0.2, 0) is 17.8 Å². The maximum absolute atomic E-state index is 13.9. The number of carbonyl (C=O) groups is 2. The summed E-state index contributed by atoms with van der Waals surface area (Å²) in [6.45, 7) is 3.00. The van der Waals surface area contributed by atoms with Crippen LogP contribution in [0.5, 0.6) is 0 Å². The van der Waals surface area contributed by atoms with Crippen LogP contribution in [0.25, 0.3) is 0 Å². The maximum Gasteiger partial charge on any atom is 0.318 e. The number of nitrogens with one attached hydrogen (secondary N) is 2. The molecule has 3 amide bonds. The minimum absolute atomic E-state index is 0.0319. The summed E-state index contributed by atoms with van der Waals surface area (Å²) in [6.07, 6.45) is 2.07. The first-order chi connectivity index (χ1) is 17.0. The summed E-state index contributed by atoms with van der Waals surface area (Å²) in [5.41, 5.74) is 3.61. The number of amides is 3. The summed E-state index contributed by atoms with van der Waals surface area (Å²) in [5, 5.41) is 6.04. The number of aryl methyl sites for hydroxylation is 1. The lowest BCUT2D eigenvalue weighted by Gasteiger charge is -2.39. The predicted octanol–water partition coefficient (Wildman–Crippen LogP) is 5.16. The minimum Gasteiger partial charge on any atom is -0.355 e. The molecule has 1 aliphatic rings. The first-order valence-electron chi connectivity index (χ1n) is 12.2. The number of benzene rings is 3. The predicted molar refractivity (Wildman–Crippen MR) is 135 cm³/mol. The highest BCUT2D eigenvalue weighted by Crippen LogP contribution is 2.34. The van der Waals surface area contributed by atoms with Crippen LogP contribution in [0.4, 0.5) is 9.18 Å². The van der Waals surface area contributed by atoms with Gasteiger partial charge in [-0.25, -0.2) is 9.18 Å². The van der Waals surface area contributed by atoms with Crippen molar-refractivity contribution in [2.75, 3.05) is 13.1 Å². The van der Waals surface area contributed by atoms with Gasteiger partial charge in [-0.15, -0.1) is 0 Å². The lowest BCUT2D eigenvalue weighted by Crippen LogP contribution is -2.50. The van der Waals surface area contributed by atoms with E-state index in [4.69, 9.17) is 0 Å². The third kappa shape index (κ3) is 6.47. The monoisotopic (exact) mass is 473 g/mol. The number of urea groups is 1. The minimum atomic E-state index is -0.286. The standard InChI is InChI=1S/C29H32FN3O2/c1-21-18-24(12-14-26(21)30)27-15-13-25(28(34)31-17-16-22-8-4-2-5-9-22)20-33(27)29(35)32-19-23-10-6-3-7-11-23/h2-12,14,18,25,27H,13,15-17,19-20H2,1H3,(H,31,34)(H,32,35). The molecule has 1 saturated heterocycles. The van der Waals surface area contributed by atoms with E-state index in [0.717, 1.165) is 17.5 Å². The molecule has 1 heterocycles. The van der Waals surface area contributed by atoms with E-state index in [0.29, 0.717) is 38.0 Å². The number of rotatable bonds is 7. The van der Waals surface area contributed by atoms with Crippen LogP contribution in [0.2, 0.25) is 0 Å². The Morgan fingerprint density at radius 2 is 1.60 bits per heavy atom. The Bertz CT molecular complexity index is 1140. The number of hydrogen-bond acceptors (Lipinski definition) is 2. The van der Waals surface area contributed by atoms with Gasteiger partial charge in [0.1, 0.15) is 5.82 Å². The normalized spacial score (nSPS) is 17.6. The molecule has 0 saturated carbocycles. The summed E-state index contributed by atoms with van der Waals surface area (Å²) in [5.74, 6) is -0.582. The van der Waals surface area contributed by atoms with Crippen LogP contribution in [0, 0.1) is 18.7 Å². The second-order valence-electron chi connectivity index (χ2n) is 9.12. The van der Waals surface area contributed by atoms with Gasteiger partial charge in [-0.2, -0.15) is 0 Å². The molecule has 2 atom stereocenters. The molecule has 1 aliphatic heterocycles. The molecule has 0 bridgehead atoms. The van der Waals surface area contributed by atoms with Crippen LogP contribution in [0.1, 0.15) is 41.1 Å². The van der Waals surface area contributed by atoms with E-state index >= 15 is 0 Å². The Kier molecular flexibility index (Phi) is 8.14. The second-order valence-corrected chi connectivity index (χ2v) is 9.12. The smallest absolute Gasteiger partial charge is 0.318 e. The summed E-state index contributed by atoms with van der Waals surface area (Å²) in [4.78, 5) is 28.0. The Balaban J connectivity index is 1.43. The first-order valence-corrected chi connectivity index (χ1v) is 12.2. The van der Waals surface area contributed by atoms with Gasteiger partial charge in [0.25, 0.3) is 0 Å². The van der Waals surface area contributed by atoms with Gasteiger partial charge in [0, 0.05) is 19.6 Å². The molecule has 0 radical (unpaired) electrons. The first kappa shape index (κ1) is 24.5. The second kappa shape index (κ2) is 11.6. The molecular formula is C29H32FN3O2. The van der Waals surface area contributed by atoms with E-state index in [9.17, 15) is 14.0 Å². The highest BCUT2D eigenvalue weighted by Gasteiger charge is 2.35. The molecule has 5 nitrogen and oxygen atoms in total. The van der Waals surface area contributed by atoms with E-state index in [1.54, 1.807) is 24.0 Å². The molecule has 0 aromatic heterocycles. The Hall–Kier alpha value is -3.67. The largest absolute Gasteiger partial charge is 0.355 e. The molecular weight excluding hydrogens is 441 g/mol. The van der Waals surface area contributed by atoms with Crippen LogP contribution in [0.3, 0.4) is 0 Å². The molecule has 3 aromatic carbocycles. The fraction of sp³-hybridized carbons (Fsp3) is 0.310. The van der Waals surface area contributed by atoms with Crippen molar-refractivity contribution in [1.82, 2.24) is 15.5 Å². The number of piperidine rings is 1. The number of likely N-dealkylation sites (tertiary alicyclic amines) is 1. The highest BCUT2D eigenvalue weighted by molar-refractivity contribution is 5.81. The molecule has 0 spiro atoms. The number of hydrogen-bond donors (Lipinski definition) is 2. The number of halogens is 1. The van der Waals surface area contributed by atoms with Crippen LogP contribution >= 0.6 is 0 Å². The van der Waals surface area contributed by atoms with Crippen LogP contribution < -0.4 is 10.6 Å². The molecule has 0 aliphatic carbocycles. The van der Waals surface area contributed by atoms with Crippen molar-refractivity contribution >= 4 is 11.9 Å². The molecule has 1 fully saturated rings. The lowest BCUT2D eigenvalue weighted by molar-refractivity contribution is -0.126. The van der Waals surface area contributed by atoms with E-state index in [-0.39, 0.29) is 29.7 Å². The van der Waals surface area contributed by atoms with Gasteiger partial charge in [-0.05, 0) is 54.5 Å². The molecule has 3 aromatic rings. The Labute approximate surface area is 206 Å². The quantitative estimate of drug-likeness (QED) is 0.498. The van der Waals surface area contributed by atoms with Crippen molar-refractivity contribution in [2.24, 2.45) is 5.92 Å². The maximum atomic E-state index is 13.9. The molecule has 35 heavy (non-hydrogen) atoms. The van der Waals surface area contributed by atoms with Crippen molar-refractivity contribution < 1.29 is 14.0 Å². The molecule has 6 heteroatoms. The van der Waals surface area contributed by atoms with Gasteiger partial charge in [-0.1, -0.05) is 72.8 Å². The summed E-state index contributed by atoms with van der Waals surface area (Å²) < 4.78 is 13.9. The van der Waals surface area contributed by atoms with Crippen molar-refractivity contribution in [3.63, 3.8) is 0 Å². The summed E-state index contributed by atoms with van der Waals surface area (Å²) in [6, 6.07) is 24.3. The Morgan fingerprint density at radius 3 is 2.29 bits per heavy atom. The van der Waals surface area contributed by atoms with Gasteiger partial charge in [0.05, 0.1) is 12.0 Å². The zero-order valence-corrected chi connectivity index (χ0v) is 20.0. The zero-order valence-electron chi connectivity index (χ0n) is 20.0. The van der Waals surface area contributed by atoms with Crippen molar-refractivity contribution in [3.8, 4) is 0 Å².